The number of rotatable bonds is 9. The zero-order chi connectivity index (χ0) is 19.6. The van der Waals surface area contributed by atoms with Crippen LogP contribution in [0, 0.1) is 11.8 Å². The molecule has 3 unspecified atom stereocenters. The van der Waals surface area contributed by atoms with Crippen molar-refractivity contribution in [2.75, 3.05) is 46.6 Å². The molecule has 0 amide bonds. The predicted octanol–water partition coefficient (Wildman–Crippen LogP) is 3.95. The smallest absolute Gasteiger partial charge is 0.194 e. The zero-order valence-electron chi connectivity index (χ0n) is 18.0. The molecule has 0 bridgehead atoms. The molecule has 0 spiro atoms. The van der Waals surface area contributed by atoms with E-state index in [1.807, 2.05) is 12.1 Å². The maximum atomic E-state index is 5.76. The normalized spacial score (nSPS) is 25.1. The van der Waals surface area contributed by atoms with Crippen LogP contribution in [-0.4, -0.2) is 63.5 Å². The third-order valence-corrected chi connectivity index (χ3v) is 6.00. The number of nitrogens with one attached hydrogen (secondary N) is 1. The molecule has 2 heterocycles. The molecule has 1 aliphatic carbocycles. The summed E-state index contributed by atoms with van der Waals surface area (Å²) in [6.07, 6.45) is 8.97. The van der Waals surface area contributed by atoms with Crippen LogP contribution < -0.4 is 5.32 Å². The second-order valence-corrected chi connectivity index (χ2v) is 8.22. The molecule has 0 aromatic carbocycles. The van der Waals surface area contributed by atoms with E-state index in [1.165, 1.54) is 25.7 Å². The Morgan fingerprint density at radius 2 is 2.14 bits per heavy atom. The Balaban J connectivity index is 0.00000300. The molecule has 166 valence electrons. The number of hydrogen-bond donors (Lipinski definition) is 1. The summed E-state index contributed by atoms with van der Waals surface area (Å²) >= 11 is 0. The average Bonchev–Trinajstić information content (AvgIpc) is 3.38. The standard InChI is InChI=1S/C22H37N3O3.HI/c1-18-6-3-4-8-21(18)24-22(23-11-9-20-7-5-13-28-20)25-12-10-19(16-25)17-27-15-14-26-2;/h5,7,13,18-19,21H,3-4,6,8-12,14-17H2,1-2H3,(H,23,24);1H. The fourth-order valence-electron chi connectivity index (χ4n) is 4.21. The van der Waals surface area contributed by atoms with Gasteiger partial charge >= 0.3 is 0 Å². The number of halogens is 1. The first-order chi connectivity index (χ1) is 13.8. The number of furan rings is 1. The van der Waals surface area contributed by atoms with Crippen molar-refractivity contribution in [3.63, 3.8) is 0 Å². The van der Waals surface area contributed by atoms with Gasteiger partial charge in [0.15, 0.2) is 5.96 Å². The van der Waals surface area contributed by atoms with Crippen molar-refractivity contribution in [2.45, 2.75) is 51.5 Å². The van der Waals surface area contributed by atoms with Crippen molar-refractivity contribution >= 4 is 29.9 Å². The van der Waals surface area contributed by atoms with E-state index in [-0.39, 0.29) is 24.0 Å². The van der Waals surface area contributed by atoms with Crippen LogP contribution in [0.25, 0.3) is 0 Å². The van der Waals surface area contributed by atoms with Crippen molar-refractivity contribution in [3.05, 3.63) is 24.2 Å². The topological polar surface area (TPSA) is 59.2 Å². The predicted molar refractivity (Wildman–Crippen MR) is 127 cm³/mol. The lowest BCUT2D eigenvalue weighted by atomic mass is 9.86. The molecule has 3 rings (SSSR count). The van der Waals surface area contributed by atoms with Crippen LogP contribution in [0.5, 0.6) is 0 Å². The van der Waals surface area contributed by atoms with Gasteiger partial charge in [-0.05, 0) is 37.3 Å². The van der Waals surface area contributed by atoms with Gasteiger partial charge in [-0.2, -0.15) is 0 Å². The van der Waals surface area contributed by atoms with Crippen LogP contribution in [-0.2, 0) is 15.9 Å². The molecule has 1 aromatic heterocycles. The van der Waals surface area contributed by atoms with E-state index in [0.29, 0.717) is 31.1 Å². The molecule has 29 heavy (non-hydrogen) atoms. The number of nitrogens with zero attached hydrogens (tertiary/aromatic N) is 2. The van der Waals surface area contributed by atoms with E-state index < -0.39 is 0 Å². The third-order valence-electron chi connectivity index (χ3n) is 6.00. The van der Waals surface area contributed by atoms with Crippen LogP contribution >= 0.6 is 24.0 Å². The average molecular weight is 519 g/mol. The van der Waals surface area contributed by atoms with Crippen molar-refractivity contribution < 1.29 is 13.9 Å². The monoisotopic (exact) mass is 519 g/mol. The molecule has 3 atom stereocenters. The first-order valence-electron chi connectivity index (χ1n) is 10.9. The Morgan fingerprint density at radius 3 is 2.90 bits per heavy atom. The lowest BCUT2D eigenvalue weighted by Crippen LogP contribution is -2.48. The van der Waals surface area contributed by atoms with Crippen LogP contribution in [0.15, 0.2) is 27.8 Å². The van der Waals surface area contributed by atoms with Gasteiger partial charge in [0.05, 0.1) is 26.1 Å². The van der Waals surface area contributed by atoms with Crippen LogP contribution in [0.1, 0.15) is 44.8 Å². The molecular weight excluding hydrogens is 481 g/mol. The second-order valence-electron chi connectivity index (χ2n) is 8.22. The fraction of sp³-hybridized carbons (Fsp3) is 0.773. The number of aliphatic imine (C=N–C) groups is 1. The fourth-order valence-corrected chi connectivity index (χ4v) is 4.21. The quantitative estimate of drug-likeness (QED) is 0.232. The molecule has 2 aliphatic rings. The Morgan fingerprint density at radius 1 is 1.28 bits per heavy atom. The van der Waals surface area contributed by atoms with Gasteiger partial charge in [-0.25, -0.2) is 0 Å². The minimum Gasteiger partial charge on any atom is -0.469 e. The molecule has 6 nitrogen and oxygen atoms in total. The van der Waals surface area contributed by atoms with Crippen molar-refractivity contribution in [2.24, 2.45) is 16.8 Å². The minimum absolute atomic E-state index is 0. The van der Waals surface area contributed by atoms with Gasteiger partial charge < -0.3 is 24.1 Å². The Labute approximate surface area is 192 Å². The van der Waals surface area contributed by atoms with Crippen LogP contribution in [0.4, 0.5) is 0 Å². The van der Waals surface area contributed by atoms with Crippen molar-refractivity contribution in [1.82, 2.24) is 10.2 Å². The highest BCUT2D eigenvalue weighted by Crippen LogP contribution is 2.25. The van der Waals surface area contributed by atoms with Gasteiger partial charge in [0.1, 0.15) is 5.76 Å². The van der Waals surface area contributed by atoms with Gasteiger partial charge in [-0.1, -0.05) is 19.8 Å². The van der Waals surface area contributed by atoms with Gasteiger partial charge in [0.2, 0.25) is 0 Å². The number of likely N-dealkylation sites (tertiary alicyclic amines) is 1. The number of hydrogen-bond acceptors (Lipinski definition) is 4. The summed E-state index contributed by atoms with van der Waals surface area (Å²) in [6, 6.07) is 4.50. The Kier molecular flexibility index (Phi) is 11.4. The van der Waals surface area contributed by atoms with Crippen LogP contribution in [0.3, 0.4) is 0 Å². The van der Waals surface area contributed by atoms with Gasteiger partial charge in [0, 0.05) is 45.1 Å². The van der Waals surface area contributed by atoms with Crippen LogP contribution in [0.2, 0.25) is 0 Å². The Hall–Kier alpha value is -0.800. The summed E-state index contributed by atoms with van der Waals surface area (Å²) in [6.45, 7) is 7.33. The highest BCUT2D eigenvalue weighted by Gasteiger charge is 2.28. The number of guanidine groups is 1. The van der Waals surface area contributed by atoms with Crippen molar-refractivity contribution in [1.29, 1.82) is 0 Å². The van der Waals surface area contributed by atoms with Gasteiger partial charge in [0.25, 0.3) is 0 Å². The Bertz CT molecular complexity index is 582. The minimum atomic E-state index is 0. The van der Waals surface area contributed by atoms with E-state index in [9.17, 15) is 0 Å². The molecule has 1 aromatic rings. The zero-order valence-corrected chi connectivity index (χ0v) is 20.3. The van der Waals surface area contributed by atoms with Gasteiger partial charge in [-0.3, -0.25) is 4.99 Å². The first kappa shape index (κ1) is 24.5. The third kappa shape index (κ3) is 8.09. The number of methoxy groups -OCH3 is 1. The van der Waals surface area contributed by atoms with E-state index >= 15 is 0 Å². The van der Waals surface area contributed by atoms with E-state index in [0.717, 1.165) is 50.8 Å². The first-order valence-corrected chi connectivity index (χ1v) is 10.9. The summed E-state index contributed by atoms with van der Waals surface area (Å²) in [5.74, 6) is 3.35. The van der Waals surface area contributed by atoms with Crippen molar-refractivity contribution in [3.8, 4) is 0 Å². The maximum Gasteiger partial charge on any atom is 0.194 e. The molecular formula is C22H38IN3O3. The summed E-state index contributed by atoms with van der Waals surface area (Å²) in [4.78, 5) is 7.39. The highest BCUT2D eigenvalue weighted by molar-refractivity contribution is 14.0. The summed E-state index contributed by atoms with van der Waals surface area (Å²) < 4.78 is 16.3. The molecule has 1 saturated heterocycles. The van der Waals surface area contributed by atoms with E-state index in [1.54, 1.807) is 13.4 Å². The lowest BCUT2D eigenvalue weighted by molar-refractivity contribution is 0.0536. The maximum absolute atomic E-state index is 5.76. The molecule has 1 N–H and O–H groups in total. The highest BCUT2D eigenvalue weighted by atomic mass is 127. The van der Waals surface area contributed by atoms with E-state index in [4.69, 9.17) is 18.9 Å². The number of ether oxygens (including phenoxy) is 2. The SMILES string of the molecule is COCCOCC1CCN(C(=NCCc2ccco2)NC2CCCCC2C)C1.I. The summed E-state index contributed by atoms with van der Waals surface area (Å²) in [5.41, 5.74) is 0. The molecule has 7 heteroatoms. The molecule has 0 radical (unpaired) electrons. The summed E-state index contributed by atoms with van der Waals surface area (Å²) in [5, 5.41) is 3.81. The largest absolute Gasteiger partial charge is 0.469 e. The van der Waals surface area contributed by atoms with E-state index in [2.05, 4.69) is 17.1 Å². The molecule has 1 saturated carbocycles. The molecule has 1 aliphatic heterocycles. The van der Waals surface area contributed by atoms with Gasteiger partial charge in [-0.15, -0.1) is 24.0 Å². The lowest BCUT2D eigenvalue weighted by Gasteiger charge is -2.33. The second kappa shape index (κ2) is 13.5. The summed E-state index contributed by atoms with van der Waals surface area (Å²) in [7, 11) is 1.71. The molecule has 2 fully saturated rings.